The summed E-state index contributed by atoms with van der Waals surface area (Å²) in [5, 5.41) is 8.28. The van der Waals surface area contributed by atoms with Crippen LogP contribution in [-0.2, 0) is 0 Å². The van der Waals surface area contributed by atoms with Gasteiger partial charge >= 0.3 is 0 Å². The zero-order valence-corrected chi connectivity index (χ0v) is 16.5. The molecular formula is C20H23N3OS2. The van der Waals surface area contributed by atoms with Gasteiger partial charge in [-0.1, -0.05) is 17.7 Å². The summed E-state index contributed by atoms with van der Waals surface area (Å²) in [6.07, 6.45) is 8.57. The van der Waals surface area contributed by atoms with Gasteiger partial charge in [-0.05, 0) is 57.0 Å². The second-order valence-corrected chi connectivity index (χ2v) is 8.60. The normalized spacial score (nSPS) is 16.0. The Bertz CT molecular complexity index is 969. The molecule has 1 atom stereocenters. The van der Waals surface area contributed by atoms with Crippen molar-refractivity contribution < 1.29 is 0 Å². The van der Waals surface area contributed by atoms with Gasteiger partial charge < -0.3 is 10.3 Å². The number of nitrogens with one attached hydrogen (secondary N) is 2. The molecule has 0 aliphatic heterocycles. The van der Waals surface area contributed by atoms with Crippen LogP contribution in [-0.4, -0.2) is 16.5 Å². The number of thiophene rings is 2. The van der Waals surface area contributed by atoms with E-state index in [1.54, 1.807) is 28.2 Å². The smallest absolute Gasteiger partial charge is 0.260 e. The molecule has 136 valence electrons. The Morgan fingerprint density at radius 2 is 2.27 bits per heavy atom. The summed E-state index contributed by atoms with van der Waals surface area (Å²) in [7, 11) is 0. The lowest BCUT2D eigenvalue weighted by Gasteiger charge is -2.16. The molecule has 2 N–H and O–H groups in total. The SMILES string of the molecule is C[C@H](NCCC1=CCCCC1)c1nc2scc(-c3cccs3)c2c(=O)[nH]1. The molecule has 4 rings (SSSR count). The number of nitrogens with zero attached hydrogens (tertiary/aromatic N) is 1. The van der Waals surface area contributed by atoms with Gasteiger partial charge in [-0.15, -0.1) is 22.7 Å². The monoisotopic (exact) mass is 385 g/mol. The van der Waals surface area contributed by atoms with Crippen LogP contribution in [0.4, 0.5) is 0 Å². The predicted octanol–water partition coefficient (Wildman–Crippen LogP) is 5.25. The molecule has 3 heterocycles. The van der Waals surface area contributed by atoms with Crippen LogP contribution < -0.4 is 10.9 Å². The lowest BCUT2D eigenvalue weighted by molar-refractivity contribution is 0.540. The number of hydrogen-bond donors (Lipinski definition) is 2. The van der Waals surface area contributed by atoms with Gasteiger partial charge in [-0.25, -0.2) is 4.98 Å². The minimum atomic E-state index is -0.0433. The summed E-state index contributed by atoms with van der Waals surface area (Å²) in [6.45, 7) is 2.98. The van der Waals surface area contributed by atoms with E-state index in [2.05, 4.69) is 23.3 Å². The highest BCUT2D eigenvalue weighted by atomic mass is 32.1. The summed E-state index contributed by atoms with van der Waals surface area (Å²) in [6, 6.07) is 4.08. The third-order valence-electron chi connectivity index (χ3n) is 4.94. The summed E-state index contributed by atoms with van der Waals surface area (Å²) in [5.41, 5.74) is 2.51. The zero-order valence-electron chi connectivity index (χ0n) is 14.9. The van der Waals surface area contributed by atoms with Crippen LogP contribution in [0.15, 0.2) is 39.3 Å². The van der Waals surface area contributed by atoms with Crippen molar-refractivity contribution in [2.45, 2.75) is 45.1 Å². The molecular weight excluding hydrogens is 362 g/mol. The molecule has 0 radical (unpaired) electrons. The Kier molecular flexibility index (Phi) is 5.33. The molecule has 3 aromatic heterocycles. The molecule has 26 heavy (non-hydrogen) atoms. The highest BCUT2D eigenvalue weighted by Gasteiger charge is 2.16. The van der Waals surface area contributed by atoms with E-state index in [1.165, 1.54) is 25.7 Å². The van der Waals surface area contributed by atoms with Crippen molar-refractivity contribution in [1.29, 1.82) is 0 Å². The minimum absolute atomic E-state index is 0.0311. The summed E-state index contributed by atoms with van der Waals surface area (Å²) in [5.74, 6) is 0.722. The first-order chi connectivity index (χ1) is 12.7. The molecule has 1 aliphatic carbocycles. The van der Waals surface area contributed by atoms with E-state index >= 15 is 0 Å². The molecule has 0 saturated carbocycles. The standard InChI is InChI=1S/C20H23N3OS2/c1-13(21-10-9-14-6-3-2-4-7-14)18-22-19(24)17-15(12-26-20(17)23-18)16-8-5-11-25-16/h5-6,8,11-13,21H,2-4,7,9-10H2,1H3,(H,22,23,24)/t13-/m0/s1. The topological polar surface area (TPSA) is 57.8 Å². The third-order valence-corrected chi connectivity index (χ3v) is 6.72. The number of aromatic nitrogens is 2. The Morgan fingerprint density at radius 3 is 3.04 bits per heavy atom. The van der Waals surface area contributed by atoms with Gasteiger partial charge in [0.05, 0.1) is 11.4 Å². The van der Waals surface area contributed by atoms with Crippen LogP contribution in [0.5, 0.6) is 0 Å². The van der Waals surface area contributed by atoms with Gasteiger partial charge in [-0.2, -0.15) is 0 Å². The Morgan fingerprint density at radius 1 is 1.35 bits per heavy atom. The Balaban J connectivity index is 1.50. The van der Waals surface area contributed by atoms with Gasteiger partial charge in [-0.3, -0.25) is 4.79 Å². The number of H-pyrrole nitrogens is 1. The third kappa shape index (κ3) is 3.68. The molecule has 3 aromatic rings. The van der Waals surface area contributed by atoms with E-state index in [9.17, 15) is 4.79 Å². The van der Waals surface area contributed by atoms with Crippen LogP contribution in [0, 0.1) is 0 Å². The van der Waals surface area contributed by atoms with Gasteiger partial charge in [0.25, 0.3) is 5.56 Å². The van der Waals surface area contributed by atoms with Crippen molar-refractivity contribution in [1.82, 2.24) is 15.3 Å². The first-order valence-electron chi connectivity index (χ1n) is 9.19. The van der Waals surface area contributed by atoms with E-state index < -0.39 is 0 Å². The molecule has 4 nitrogen and oxygen atoms in total. The second-order valence-electron chi connectivity index (χ2n) is 6.79. The summed E-state index contributed by atoms with van der Waals surface area (Å²) in [4.78, 5) is 22.3. The minimum Gasteiger partial charge on any atom is -0.309 e. The fourth-order valence-corrected chi connectivity index (χ4v) is 5.23. The number of aromatic amines is 1. The predicted molar refractivity (Wildman–Crippen MR) is 111 cm³/mol. The molecule has 0 saturated heterocycles. The molecule has 0 unspecified atom stereocenters. The van der Waals surface area contributed by atoms with Crippen molar-refractivity contribution >= 4 is 32.9 Å². The molecule has 0 spiro atoms. The van der Waals surface area contributed by atoms with Crippen LogP contribution in [0.3, 0.4) is 0 Å². The van der Waals surface area contributed by atoms with E-state index in [-0.39, 0.29) is 11.6 Å². The van der Waals surface area contributed by atoms with E-state index in [0.717, 1.165) is 34.1 Å². The highest BCUT2D eigenvalue weighted by Crippen LogP contribution is 2.33. The summed E-state index contributed by atoms with van der Waals surface area (Å²) >= 11 is 3.19. The fourth-order valence-electron chi connectivity index (χ4n) is 3.46. The zero-order chi connectivity index (χ0) is 17.9. The lowest BCUT2D eigenvalue weighted by atomic mass is 9.97. The average molecular weight is 386 g/mol. The van der Waals surface area contributed by atoms with Crippen molar-refractivity contribution in [2.24, 2.45) is 0 Å². The molecule has 0 aromatic carbocycles. The van der Waals surface area contributed by atoms with Crippen LogP contribution >= 0.6 is 22.7 Å². The molecule has 0 bridgehead atoms. The molecule has 1 aliphatic rings. The second kappa shape index (κ2) is 7.86. The summed E-state index contributed by atoms with van der Waals surface area (Å²) < 4.78 is 0. The highest BCUT2D eigenvalue weighted by molar-refractivity contribution is 7.18. The van der Waals surface area contributed by atoms with Gasteiger partial charge in [0.1, 0.15) is 10.7 Å². The first kappa shape index (κ1) is 17.6. The van der Waals surface area contributed by atoms with E-state index in [1.807, 2.05) is 22.9 Å². The van der Waals surface area contributed by atoms with Crippen LogP contribution in [0.2, 0.25) is 0 Å². The van der Waals surface area contributed by atoms with E-state index in [4.69, 9.17) is 4.98 Å². The maximum absolute atomic E-state index is 12.7. The Hall–Kier alpha value is -1.76. The first-order valence-corrected chi connectivity index (χ1v) is 10.9. The fraction of sp³-hybridized carbons (Fsp3) is 0.400. The maximum Gasteiger partial charge on any atom is 0.260 e. The Labute approximate surface area is 161 Å². The number of allylic oxidation sites excluding steroid dienone is 1. The number of hydrogen-bond acceptors (Lipinski definition) is 5. The quantitative estimate of drug-likeness (QED) is 0.570. The van der Waals surface area contributed by atoms with Gasteiger partial charge in [0.2, 0.25) is 0 Å². The molecule has 0 amide bonds. The largest absolute Gasteiger partial charge is 0.309 e. The van der Waals surface area contributed by atoms with Crippen molar-refractivity contribution in [3.05, 3.63) is 50.7 Å². The van der Waals surface area contributed by atoms with E-state index in [0.29, 0.717) is 5.39 Å². The van der Waals surface area contributed by atoms with Gasteiger partial charge in [0.15, 0.2) is 0 Å². The molecule has 0 fully saturated rings. The van der Waals surface area contributed by atoms with Crippen molar-refractivity contribution in [3.63, 3.8) is 0 Å². The van der Waals surface area contributed by atoms with Gasteiger partial charge in [0, 0.05) is 15.8 Å². The average Bonchev–Trinajstić information content (AvgIpc) is 3.32. The van der Waals surface area contributed by atoms with Crippen molar-refractivity contribution in [2.75, 3.05) is 6.54 Å². The maximum atomic E-state index is 12.7. The lowest BCUT2D eigenvalue weighted by Crippen LogP contribution is -2.24. The number of fused-ring (bicyclic) bond motifs is 1. The van der Waals surface area contributed by atoms with Crippen molar-refractivity contribution in [3.8, 4) is 10.4 Å². The molecule has 6 heteroatoms. The van der Waals surface area contributed by atoms with Crippen LogP contribution in [0.1, 0.15) is 50.9 Å². The van der Waals surface area contributed by atoms with Crippen LogP contribution in [0.25, 0.3) is 20.7 Å². The number of rotatable bonds is 6.